The molecule has 0 radical (unpaired) electrons. The summed E-state index contributed by atoms with van der Waals surface area (Å²) >= 11 is 5.09. The predicted octanol–water partition coefficient (Wildman–Crippen LogP) is 3.53. The van der Waals surface area contributed by atoms with Crippen molar-refractivity contribution >= 4 is 33.2 Å². The number of nitrogens with zero attached hydrogens (tertiary/aromatic N) is 2. The smallest absolute Gasteiger partial charge is 0.191 e. The SMILES string of the molecule is CN=C(NCc1cc(F)ccc1Br)NCc1sc(C)nc1C. The van der Waals surface area contributed by atoms with Gasteiger partial charge in [0.25, 0.3) is 0 Å². The highest BCUT2D eigenvalue weighted by atomic mass is 79.9. The highest BCUT2D eigenvalue weighted by Crippen LogP contribution is 2.18. The third kappa shape index (κ3) is 4.51. The second kappa shape index (κ2) is 7.69. The molecule has 0 unspecified atom stereocenters. The van der Waals surface area contributed by atoms with Crippen LogP contribution in [0.3, 0.4) is 0 Å². The summed E-state index contributed by atoms with van der Waals surface area (Å²) in [6.45, 7) is 5.15. The summed E-state index contributed by atoms with van der Waals surface area (Å²) in [7, 11) is 1.71. The lowest BCUT2D eigenvalue weighted by atomic mass is 10.2. The van der Waals surface area contributed by atoms with Crippen molar-refractivity contribution in [3.63, 3.8) is 0 Å². The number of hydrogen-bond acceptors (Lipinski definition) is 3. The van der Waals surface area contributed by atoms with Crippen LogP contribution in [0.15, 0.2) is 27.7 Å². The van der Waals surface area contributed by atoms with Crippen LogP contribution in [-0.4, -0.2) is 18.0 Å². The maximum Gasteiger partial charge on any atom is 0.191 e. The first-order chi connectivity index (χ1) is 10.5. The van der Waals surface area contributed by atoms with Gasteiger partial charge in [-0.15, -0.1) is 11.3 Å². The number of benzene rings is 1. The van der Waals surface area contributed by atoms with Gasteiger partial charge in [0.15, 0.2) is 5.96 Å². The van der Waals surface area contributed by atoms with E-state index < -0.39 is 0 Å². The number of thiazole rings is 1. The minimum atomic E-state index is -0.251. The van der Waals surface area contributed by atoms with Crippen LogP contribution in [0.5, 0.6) is 0 Å². The molecule has 118 valence electrons. The molecule has 4 nitrogen and oxygen atoms in total. The number of hydrogen-bond donors (Lipinski definition) is 2. The van der Waals surface area contributed by atoms with Crippen molar-refractivity contribution in [3.8, 4) is 0 Å². The number of rotatable bonds is 4. The van der Waals surface area contributed by atoms with Gasteiger partial charge in [-0.25, -0.2) is 9.37 Å². The molecular formula is C15H18BrFN4S. The largest absolute Gasteiger partial charge is 0.352 e. The van der Waals surface area contributed by atoms with Gasteiger partial charge in [-0.05, 0) is 37.6 Å². The number of nitrogens with one attached hydrogen (secondary N) is 2. The van der Waals surface area contributed by atoms with Gasteiger partial charge in [0, 0.05) is 22.9 Å². The van der Waals surface area contributed by atoms with Crippen molar-refractivity contribution in [3.05, 3.63) is 49.6 Å². The zero-order valence-electron chi connectivity index (χ0n) is 12.7. The third-order valence-electron chi connectivity index (χ3n) is 3.09. The Morgan fingerprint density at radius 3 is 2.68 bits per heavy atom. The summed E-state index contributed by atoms with van der Waals surface area (Å²) in [4.78, 5) is 9.76. The summed E-state index contributed by atoms with van der Waals surface area (Å²) in [5, 5.41) is 7.48. The second-order valence-corrected chi connectivity index (χ2v) is 6.90. The monoisotopic (exact) mass is 384 g/mol. The fourth-order valence-electron chi connectivity index (χ4n) is 1.98. The molecule has 0 aliphatic rings. The lowest BCUT2D eigenvalue weighted by molar-refractivity contribution is 0.624. The van der Waals surface area contributed by atoms with E-state index in [1.54, 1.807) is 24.5 Å². The summed E-state index contributed by atoms with van der Waals surface area (Å²) in [5.41, 5.74) is 1.88. The quantitative estimate of drug-likeness (QED) is 0.626. The Morgan fingerprint density at radius 2 is 2.05 bits per heavy atom. The van der Waals surface area contributed by atoms with Crippen LogP contribution in [0.1, 0.15) is 21.1 Å². The number of aliphatic imine (C=N–C) groups is 1. The summed E-state index contributed by atoms with van der Waals surface area (Å²) in [5.74, 6) is 0.417. The van der Waals surface area contributed by atoms with E-state index >= 15 is 0 Å². The van der Waals surface area contributed by atoms with Crippen molar-refractivity contribution in [2.75, 3.05) is 7.05 Å². The summed E-state index contributed by atoms with van der Waals surface area (Å²) in [6, 6.07) is 4.63. The number of guanidine groups is 1. The van der Waals surface area contributed by atoms with Crippen LogP contribution in [0.2, 0.25) is 0 Å². The molecule has 0 spiro atoms. The Kier molecular flexibility index (Phi) is 5.90. The van der Waals surface area contributed by atoms with E-state index in [0.717, 1.165) is 20.7 Å². The molecule has 1 aromatic carbocycles. The predicted molar refractivity (Wildman–Crippen MR) is 92.7 cm³/mol. The van der Waals surface area contributed by atoms with Gasteiger partial charge in [-0.2, -0.15) is 0 Å². The van der Waals surface area contributed by atoms with Gasteiger partial charge < -0.3 is 10.6 Å². The fraction of sp³-hybridized carbons (Fsp3) is 0.333. The van der Waals surface area contributed by atoms with Gasteiger partial charge in [0.05, 0.1) is 17.2 Å². The second-order valence-electron chi connectivity index (χ2n) is 4.76. The van der Waals surface area contributed by atoms with Crippen LogP contribution < -0.4 is 10.6 Å². The number of aryl methyl sites for hydroxylation is 2. The van der Waals surface area contributed by atoms with Crippen molar-refractivity contribution < 1.29 is 4.39 Å². The lowest BCUT2D eigenvalue weighted by Gasteiger charge is -2.12. The third-order valence-corrected chi connectivity index (χ3v) is 4.94. The van der Waals surface area contributed by atoms with E-state index in [1.807, 2.05) is 13.8 Å². The van der Waals surface area contributed by atoms with Crippen LogP contribution >= 0.6 is 27.3 Å². The number of halogens is 2. The topological polar surface area (TPSA) is 49.3 Å². The Morgan fingerprint density at radius 1 is 1.32 bits per heavy atom. The fourth-order valence-corrected chi connectivity index (χ4v) is 3.24. The average Bonchev–Trinajstić information content (AvgIpc) is 2.80. The number of aromatic nitrogens is 1. The van der Waals surface area contributed by atoms with Crippen molar-refractivity contribution in [1.29, 1.82) is 0 Å². The highest BCUT2D eigenvalue weighted by Gasteiger charge is 2.07. The first-order valence-electron chi connectivity index (χ1n) is 6.81. The minimum absolute atomic E-state index is 0.251. The van der Waals surface area contributed by atoms with Gasteiger partial charge in [-0.1, -0.05) is 15.9 Å². The zero-order valence-corrected chi connectivity index (χ0v) is 15.1. The normalized spacial score (nSPS) is 11.6. The van der Waals surface area contributed by atoms with Crippen molar-refractivity contribution in [1.82, 2.24) is 15.6 Å². The maximum atomic E-state index is 13.3. The molecule has 0 saturated carbocycles. The molecule has 1 heterocycles. The average molecular weight is 385 g/mol. The molecule has 2 aromatic rings. The minimum Gasteiger partial charge on any atom is -0.352 e. The van der Waals surface area contributed by atoms with E-state index in [0.29, 0.717) is 19.0 Å². The summed E-state index contributed by atoms with van der Waals surface area (Å²) < 4.78 is 14.1. The van der Waals surface area contributed by atoms with Crippen LogP contribution in [-0.2, 0) is 13.1 Å². The molecule has 0 bridgehead atoms. The molecule has 2 rings (SSSR count). The van der Waals surface area contributed by atoms with Crippen LogP contribution in [0, 0.1) is 19.7 Å². The Hall–Kier alpha value is -1.47. The highest BCUT2D eigenvalue weighted by molar-refractivity contribution is 9.10. The molecule has 22 heavy (non-hydrogen) atoms. The van der Waals surface area contributed by atoms with E-state index in [2.05, 4.69) is 36.5 Å². The van der Waals surface area contributed by atoms with Gasteiger partial charge in [-0.3, -0.25) is 4.99 Å². The first kappa shape index (κ1) is 16.9. The Bertz CT molecular complexity index is 684. The van der Waals surface area contributed by atoms with Gasteiger partial charge in [0.1, 0.15) is 5.82 Å². The van der Waals surface area contributed by atoms with E-state index in [9.17, 15) is 4.39 Å². The first-order valence-corrected chi connectivity index (χ1v) is 8.42. The Labute approximate surface area is 142 Å². The molecule has 0 aliphatic heterocycles. The molecule has 0 atom stereocenters. The molecule has 0 fully saturated rings. The molecule has 0 amide bonds. The van der Waals surface area contributed by atoms with Crippen LogP contribution in [0.4, 0.5) is 4.39 Å². The summed E-state index contributed by atoms with van der Waals surface area (Å²) in [6.07, 6.45) is 0. The molecule has 1 aromatic heterocycles. The molecular weight excluding hydrogens is 367 g/mol. The van der Waals surface area contributed by atoms with Crippen molar-refractivity contribution in [2.24, 2.45) is 4.99 Å². The van der Waals surface area contributed by atoms with E-state index in [4.69, 9.17) is 0 Å². The Balaban J connectivity index is 1.93. The van der Waals surface area contributed by atoms with Gasteiger partial charge >= 0.3 is 0 Å². The van der Waals surface area contributed by atoms with Gasteiger partial charge in [0.2, 0.25) is 0 Å². The van der Waals surface area contributed by atoms with Crippen molar-refractivity contribution in [2.45, 2.75) is 26.9 Å². The van der Waals surface area contributed by atoms with E-state index in [1.165, 1.54) is 17.0 Å². The molecule has 0 aliphatic carbocycles. The zero-order chi connectivity index (χ0) is 16.1. The molecule has 0 saturated heterocycles. The molecule has 7 heteroatoms. The van der Waals surface area contributed by atoms with E-state index in [-0.39, 0.29) is 5.82 Å². The van der Waals surface area contributed by atoms with Crippen LogP contribution in [0.25, 0.3) is 0 Å². The maximum absolute atomic E-state index is 13.3. The molecule has 2 N–H and O–H groups in total. The standard InChI is InChI=1S/C15H18BrFN4S/c1-9-14(22-10(2)21-9)8-20-15(18-3)19-7-11-6-12(17)4-5-13(11)16/h4-6H,7-8H2,1-3H3,(H2,18,19,20). The lowest BCUT2D eigenvalue weighted by Crippen LogP contribution is -2.36.